The monoisotopic (exact) mass is 483 g/mol. The van der Waals surface area contributed by atoms with Gasteiger partial charge in [-0.05, 0) is 45.4 Å². The van der Waals surface area contributed by atoms with Crippen LogP contribution in [0.1, 0.15) is 46.1 Å². The van der Waals surface area contributed by atoms with E-state index >= 15 is 0 Å². The molecule has 2 N–H and O–H groups in total. The number of alkyl carbamates (subject to hydrolysis) is 1. The number of nitrogens with zero attached hydrogens (tertiary/aromatic N) is 2. The maximum Gasteiger partial charge on any atom is 0.413 e. The van der Waals surface area contributed by atoms with Crippen LogP contribution in [0, 0.1) is 5.82 Å². The van der Waals surface area contributed by atoms with Crippen LogP contribution in [0.15, 0.2) is 27.2 Å². The van der Waals surface area contributed by atoms with Crippen LogP contribution in [0.4, 0.5) is 14.9 Å². The van der Waals surface area contributed by atoms with Gasteiger partial charge in [0.05, 0.1) is 12.3 Å². The predicted octanol–water partition coefficient (Wildman–Crippen LogP) is 4.16. The third-order valence-corrected chi connectivity index (χ3v) is 4.53. The Morgan fingerprint density at radius 3 is 2.63 bits per heavy atom. The maximum absolute atomic E-state index is 14.6. The number of hydrogen-bond acceptors (Lipinski definition) is 5. The van der Waals surface area contributed by atoms with Crippen LogP contribution in [0.25, 0.3) is 6.08 Å². The van der Waals surface area contributed by atoms with Gasteiger partial charge in [0, 0.05) is 35.1 Å². The van der Waals surface area contributed by atoms with Crippen molar-refractivity contribution in [2.75, 3.05) is 19.7 Å². The van der Waals surface area contributed by atoms with Gasteiger partial charge >= 0.3 is 6.09 Å². The van der Waals surface area contributed by atoms with Gasteiger partial charge in [0.1, 0.15) is 17.3 Å². The molecule has 1 heterocycles. The van der Waals surface area contributed by atoms with E-state index in [1.807, 2.05) is 6.92 Å². The summed E-state index contributed by atoms with van der Waals surface area (Å²) < 4.78 is 20.4. The van der Waals surface area contributed by atoms with E-state index in [0.717, 1.165) is 0 Å². The normalized spacial score (nSPS) is 13.6. The van der Waals surface area contributed by atoms with Crippen LogP contribution in [-0.4, -0.2) is 53.1 Å². The number of rotatable bonds is 5. The molecule has 0 fully saturated rings. The van der Waals surface area contributed by atoms with Gasteiger partial charge in [-0.2, -0.15) is 0 Å². The summed E-state index contributed by atoms with van der Waals surface area (Å²) in [6, 6.07) is 2.90. The zero-order valence-electron chi connectivity index (χ0n) is 17.6. The Hall–Kier alpha value is -2.26. The summed E-state index contributed by atoms with van der Waals surface area (Å²) in [5.74, 6) is -0.726. The van der Waals surface area contributed by atoms with E-state index < -0.39 is 17.5 Å². The number of aliphatic hydroxyl groups is 1. The fourth-order valence-electron chi connectivity index (χ4n) is 2.94. The van der Waals surface area contributed by atoms with Crippen molar-refractivity contribution in [1.82, 2.24) is 10.2 Å². The number of aliphatic imine (C=N–C) groups is 1. The second-order valence-corrected chi connectivity index (χ2v) is 8.78. The van der Waals surface area contributed by atoms with Crippen molar-refractivity contribution >= 4 is 45.5 Å². The van der Waals surface area contributed by atoms with Gasteiger partial charge in [-0.1, -0.05) is 22.9 Å². The Labute approximate surface area is 184 Å². The molecule has 1 aliphatic heterocycles. The van der Waals surface area contributed by atoms with Crippen LogP contribution in [-0.2, 0) is 9.53 Å². The molecular weight excluding hydrogens is 457 g/mol. The predicted molar refractivity (Wildman–Crippen MR) is 117 cm³/mol. The van der Waals surface area contributed by atoms with Gasteiger partial charge in [0.15, 0.2) is 0 Å². The highest BCUT2D eigenvalue weighted by Gasteiger charge is 2.25. The lowest BCUT2D eigenvalue weighted by atomic mass is 10.1. The summed E-state index contributed by atoms with van der Waals surface area (Å²) in [7, 11) is 0. The number of nitrogens with one attached hydrogen (secondary N) is 1. The molecule has 0 radical (unpaired) electrons. The van der Waals surface area contributed by atoms with Gasteiger partial charge in [-0.15, -0.1) is 0 Å². The van der Waals surface area contributed by atoms with E-state index in [9.17, 15) is 19.1 Å². The molecule has 30 heavy (non-hydrogen) atoms. The highest BCUT2D eigenvalue weighted by atomic mass is 79.9. The lowest BCUT2D eigenvalue weighted by molar-refractivity contribution is -0.127. The lowest BCUT2D eigenvalue weighted by Gasteiger charge is -2.23. The number of amides is 2. The summed E-state index contributed by atoms with van der Waals surface area (Å²) >= 11 is 3.24. The Morgan fingerprint density at radius 2 is 2.03 bits per heavy atom. The molecule has 1 aromatic rings. The quantitative estimate of drug-likeness (QED) is 0.657. The molecule has 164 valence electrons. The number of carbonyl (C=O) groups is 2. The van der Waals surface area contributed by atoms with E-state index in [2.05, 4.69) is 26.2 Å². The van der Waals surface area contributed by atoms with Crippen LogP contribution in [0.3, 0.4) is 0 Å². The summed E-state index contributed by atoms with van der Waals surface area (Å²) in [5, 5.41) is 11.9. The standard InChI is InChI=1S/C21H27BrFN3O4/c1-5-6-26(7-8-27)19(28)13-9-15-16(23)11-14(22)12-17(15)24-18(10-13)25-20(29)30-21(2,3)4/h9,11-12,27H,5-8,10H2,1-4H3,(H,24,25,29). The first-order valence-electron chi connectivity index (χ1n) is 9.71. The van der Waals surface area contributed by atoms with Gasteiger partial charge < -0.3 is 14.7 Å². The van der Waals surface area contributed by atoms with E-state index in [0.29, 0.717) is 17.4 Å². The third kappa shape index (κ3) is 6.63. The van der Waals surface area contributed by atoms with Gasteiger partial charge in [-0.3, -0.25) is 10.1 Å². The number of benzene rings is 1. The maximum atomic E-state index is 14.6. The fraction of sp³-hybridized carbons (Fsp3) is 0.476. The highest BCUT2D eigenvalue weighted by Crippen LogP contribution is 2.32. The number of aliphatic hydroxyl groups excluding tert-OH is 1. The molecule has 2 amide bonds. The van der Waals surface area contributed by atoms with Gasteiger partial charge in [0.2, 0.25) is 5.91 Å². The molecule has 7 nitrogen and oxygen atoms in total. The van der Waals surface area contributed by atoms with Crippen LogP contribution in [0.2, 0.25) is 0 Å². The topological polar surface area (TPSA) is 91.2 Å². The van der Waals surface area contributed by atoms with E-state index in [1.54, 1.807) is 26.8 Å². The summed E-state index contributed by atoms with van der Waals surface area (Å²) in [4.78, 5) is 31.2. The smallest absolute Gasteiger partial charge is 0.413 e. The van der Waals surface area contributed by atoms with Crippen LogP contribution >= 0.6 is 15.9 Å². The summed E-state index contributed by atoms with van der Waals surface area (Å²) in [6.07, 6.45) is 1.42. The molecule has 0 saturated carbocycles. The Bertz CT molecular complexity index is 872. The largest absolute Gasteiger partial charge is 0.444 e. The fourth-order valence-corrected chi connectivity index (χ4v) is 3.35. The average molecular weight is 484 g/mol. The minimum absolute atomic E-state index is 0.0184. The van der Waals surface area contributed by atoms with Crippen molar-refractivity contribution in [2.45, 2.75) is 46.1 Å². The van der Waals surface area contributed by atoms with Crippen molar-refractivity contribution < 1.29 is 23.8 Å². The molecule has 2 rings (SSSR count). The molecule has 0 bridgehead atoms. The van der Waals surface area contributed by atoms with Crippen LogP contribution in [0.5, 0.6) is 0 Å². The molecule has 0 aliphatic carbocycles. The van der Waals surface area contributed by atoms with Gasteiger partial charge in [-0.25, -0.2) is 14.2 Å². The zero-order valence-corrected chi connectivity index (χ0v) is 19.2. The second kappa shape index (κ2) is 10.2. The van der Waals surface area contributed by atoms with Gasteiger partial charge in [0.25, 0.3) is 0 Å². The number of carbonyl (C=O) groups excluding carboxylic acids is 2. The van der Waals surface area contributed by atoms with Crippen molar-refractivity contribution in [3.05, 3.63) is 33.6 Å². The highest BCUT2D eigenvalue weighted by molar-refractivity contribution is 9.10. The van der Waals surface area contributed by atoms with Crippen molar-refractivity contribution in [3.63, 3.8) is 0 Å². The van der Waals surface area contributed by atoms with E-state index in [4.69, 9.17) is 4.74 Å². The van der Waals surface area contributed by atoms with Crippen molar-refractivity contribution in [3.8, 4) is 0 Å². The minimum atomic E-state index is -0.715. The minimum Gasteiger partial charge on any atom is -0.444 e. The average Bonchev–Trinajstić information content (AvgIpc) is 2.78. The molecular formula is C21H27BrFN3O4. The number of ether oxygens (including phenoxy) is 1. The SMILES string of the molecule is CCCN(CCO)C(=O)C1=Cc2c(F)cc(Br)cc2N=C(NC(=O)OC(C)(C)C)C1. The molecule has 1 aromatic carbocycles. The number of amidine groups is 1. The summed E-state index contributed by atoms with van der Waals surface area (Å²) in [6.45, 7) is 7.53. The molecule has 0 saturated heterocycles. The lowest BCUT2D eigenvalue weighted by Crippen LogP contribution is -2.39. The summed E-state index contributed by atoms with van der Waals surface area (Å²) in [5.41, 5.74) is -0.0229. The first kappa shape index (κ1) is 24.0. The van der Waals surface area contributed by atoms with E-state index in [-0.39, 0.29) is 48.1 Å². The molecule has 0 atom stereocenters. The van der Waals surface area contributed by atoms with Crippen molar-refractivity contribution in [1.29, 1.82) is 0 Å². The molecule has 1 aliphatic rings. The first-order chi connectivity index (χ1) is 14.0. The zero-order chi connectivity index (χ0) is 22.5. The number of fused-ring (bicyclic) bond motifs is 1. The number of halogens is 2. The molecule has 9 heteroatoms. The number of hydrogen-bond donors (Lipinski definition) is 2. The van der Waals surface area contributed by atoms with E-state index in [1.165, 1.54) is 17.0 Å². The van der Waals surface area contributed by atoms with Crippen LogP contribution < -0.4 is 5.32 Å². The Morgan fingerprint density at radius 1 is 1.33 bits per heavy atom. The molecule has 0 unspecified atom stereocenters. The second-order valence-electron chi connectivity index (χ2n) is 7.87. The Kier molecular flexibility index (Phi) is 8.14. The van der Waals surface area contributed by atoms with Crippen molar-refractivity contribution in [2.24, 2.45) is 4.99 Å². The Balaban J connectivity index is 2.46. The first-order valence-corrected chi connectivity index (χ1v) is 10.5. The molecule has 0 spiro atoms. The third-order valence-electron chi connectivity index (χ3n) is 4.07. The molecule has 0 aromatic heterocycles.